The molecule has 0 aliphatic carbocycles. The molecule has 8 unspecified atom stereocenters. The topological polar surface area (TPSA) is 175 Å². The average molecular weight is 1230 g/mol. The normalized spacial score (nSPS) is 18.8. The summed E-state index contributed by atoms with van der Waals surface area (Å²) in [5, 5.41) is 57.3. The molecule has 0 aromatic rings. The Balaban J connectivity index is 2.57. The Morgan fingerprint density at radius 3 is 1.25 bits per heavy atom. The fourth-order valence-electron chi connectivity index (χ4n) is 10.7. The summed E-state index contributed by atoms with van der Waals surface area (Å²) in [6.07, 6.45) is 76.9. The van der Waals surface area contributed by atoms with Gasteiger partial charge in [0.15, 0.2) is 12.4 Å². The van der Waals surface area contributed by atoms with Gasteiger partial charge in [-0.1, -0.05) is 297 Å². The number of aliphatic hydroxyl groups is 5. The first kappa shape index (κ1) is 82.3. The molecule has 506 valence electrons. The molecule has 88 heavy (non-hydrogen) atoms. The number of carbonyl (C=O) groups excluding carboxylic acids is 2. The highest BCUT2D eigenvalue weighted by molar-refractivity contribution is 5.80. The van der Waals surface area contributed by atoms with Gasteiger partial charge in [0.05, 0.1) is 25.4 Å². The van der Waals surface area contributed by atoms with E-state index in [4.69, 9.17) is 14.2 Å². The van der Waals surface area contributed by atoms with Crippen molar-refractivity contribution in [1.29, 1.82) is 0 Å². The van der Waals surface area contributed by atoms with Crippen molar-refractivity contribution in [2.75, 3.05) is 13.2 Å². The molecule has 1 fully saturated rings. The minimum atomic E-state index is -1.62. The van der Waals surface area contributed by atoms with Crippen LogP contribution >= 0.6 is 0 Å². The summed E-state index contributed by atoms with van der Waals surface area (Å²) in [4.78, 5) is 26.7. The van der Waals surface area contributed by atoms with Crippen LogP contribution in [0.4, 0.5) is 0 Å². The highest BCUT2D eigenvalue weighted by Gasteiger charge is 2.47. The van der Waals surface area contributed by atoms with Gasteiger partial charge >= 0.3 is 5.97 Å². The van der Waals surface area contributed by atoms with Crippen LogP contribution in [0.3, 0.4) is 0 Å². The first-order valence-electron chi connectivity index (χ1n) is 36.2. The number of nitrogens with one attached hydrogen (secondary N) is 1. The minimum Gasteiger partial charge on any atom is -0.454 e. The average Bonchev–Trinajstić information content (AvgIpc) is 1.25. The van der Waals surface area contributed by atoms with E-state index in [2.05, 4.69) is 123 Å². The second-order valence-electron chi connectivity index (χ2n) is 24.6. The van der Waals surface area contributed by atoms with Crippen molar-refractivity contribution >= 4 is 11.9 Å². The Hall–Kier alpha value is -3.68. The molecule has 1 heterocycles. The molecule has 0 saturated carbocycles. The highest BCUT2D eigenvalue weighted by atomic mass is 16.7. The molecular formula is C77H133NO10. The third-order valence-corrected chi connectivity index (χ3v) is 16.4. The van der Waals surface area contributed by atoms with Crippen molar-refractivity contribution in [3.8, 4) is 0 Å². The number of unbranched alkanes of at least 4 members (excludes halogenated alkanes) is 31. The fraction of sp³-hybridized carbons (Fsp3) is 0.740. The molecule has 0 aromatic heterocycles. The molecule has 1 rings (SSSR count). The summed E-state index contributed by atoms with van der Waals surface area (Å²) in [6, 6.07) is -1.03. The van der Waals surface area contributed by atoms with E-state index in [-0.39, 0.29) is 19.4 Å². The molecule has 1 aliphatic heterocycles. The fourth-order valence-corrected chi connectivity index (χ4v) is 10.7. The molecule has 1 aliphatic rings. The molecule has 11 nitrogen and oxygen atoms in total. The number of hydrogen-bond acceptors (Lipinski definition) is 10. The zero-order valence-corrected chi connectivity index (χ0v) is 56.3. The van der Waals surface area contributed by atoms with Gasteiger partial charge in [-0.05, 0) is 109 Å². The summed E-state index contributed by atoms with van der Waals surface area (Å²) in [5.74, 6) is -1.20. The van der Waals surface area contributed by atoms with Gasteiger partial charge in [-0.25, -0.2) is 0 Å². The number of rotatable bonds is 61. The van der Waals surface area contributed by atoms with Gasteiger partial charge in [-0.15, -0.1) is 0 Å². The van der Waals surface area contributed by atoms with Crippen LogP contribution in [0.5, 0.6) is 0 Å². The van der Waals surface area contributed by atoms with E-state index in [0.717, 1.165) is 122 Å². The molecule has 8 atom stereocenters. The van der Waals surface area contributed by atoms with Gasteiger partial charge in [0.25, 0.3) is 0 Å². The maximum Gasteiger partial charge on any atom is 0.306 e. The van der Waals surface area contributed by atoms with Crippen molar-refractivity contribution < 1.29 is 49.3 Å². The van der Waals surface area contributed by atoms with Gasteiger partial charge in [0.1, 0.15) is 24.4 Å². The van der Waals surface area contributed by atoms with E-state index in [9.17, 15) is 35.1 Å². The lowest BCUT2D eigenvalue weighted by molar-refractivity contribution is -0.305. The SMILES string of the molecule is CC/C=C\C/C=C\C/C=C\C/C=C\C/C=C\CCCCCCCCCCCCC(O)C(=O)NC(COC1OC(CO)C(O)C(O)C1OC(=O)CCCCCCCCCC/C=C\C/C=C\C/C=C\CCCCC)C(O)/C=C/CCCCCCCCCCCC. The van der Waals surface area contributed by atoms with E-state index in [1.165, 1.54) is 135 Å². The number of aliphatic hydroxyl groups excluding tert-OH is 5. The smallest absolute Gasteiger partial charge is 0.306 e. The van der Waals surface area contributed by atoms with Crippen molar-refractivity contribution in [3.05, 3.63) is 109 Å². The minimum absolute atomic E-state index is 0.111. The first-order chi connectivity index (χ1) is 43.2. The summed E-state index contributed by atoms with van der Waals surface area (Å²) in [5.41, 5.74) is 0. The van der Waals surface area contributed by atoms with Crippen LogP contribution in [0.25, 0.3) is 0 Å². The van der Waals surface area contributed by atoms with Crippen LogP contribution in [0.2, 0.25) is 0 Å². The Kier molecular flexibility index (Phi) is 59.4. The Labute approximate surface area is 538 Å². The molecule has 6 N–H and O–H groups in total. The maximum absolute atomic E-state index is 13.5. The second-order valence-corrected chi connectivity index (χ2v) is 24.6. The Bertz CT molecular complexity index is 1850. The van der Waals surface area contributed by atoms with Crippen LogP contribution in [0.15, 0.2) is 109 Å². The van der Waals surface area contributed by atoms with Crippen molar-refractivity contribution in [2.24, 2.45) is 0 Å². The lowest BCUT2D eigenvalue weighted by atomic mass is 9.99. The zero-order valence-electron chi connectivity index (χ0n) is 56.3. The molecule has 0 aromatic carbocycles. The predicted molar refractivity (Wildman–Crippen MR) is 370 cm³/mol. The van der Waals surface area contributed by atoms with Crippen molar-refractivity contribution in [2.45, 2.75) is 352 Å². The Morgan fingerprint density at radius 2 is 0.818 bits per heavy atom. The van der Waals surface area contributed by atoms with Gasteiger partial charge < -0.3 is 45.1 Å². The van der Waals surface area contributed by atoms with E-state index in [1.807, 2.05) is 6.08 Å². The number of allylic oxidation sites excluding steroid dienone is 17. The summed E-state index contributed by atoms with van der Waals surface area (Å²) in [7, 11) is 0. The molecule has 0 radical (unpaired) electrons. The van der Waals surface area contributed by atoms with Crippen molar-refractivity contribution in [3.63, 3.8) is 0 Å². The van der Waals surface area contributed by atoms with Crippen LogP contribution in [-0.4, -0.2) is 99.6 Å². The van der Waals surface area contributed by atoms with Gasteiger partial charge in [0, 0.05) is 6.42 Å². The number of amides is 1. The van der Waals surface area contributed by atoms with Crippen LogP contribution < -0.4 is 5.32 Å². The van der Waals surface area contributed by atoms with Crippen LogP contribution in [0, 0.1) is 0 Å². The van der Waals surface area contributed by atoms with E-state index >= 15 is 0 Å². The van der Waals surface area contributed by atoms with Crippen molar-refractivity contribution in [1.82, 2.24) is 5.32 Å². The second kappa shape index (κ2) is 63.5. The summed E-state index contributed by atoms with van der Waals surface area (Å²) >= 11 is 0. The summed E-state index contributed by atoms with van der Waals surface area (Å²) < 4.78 is 17.7. The molecule has 11 heteroatoms. The third kappa shape index (κ3) is 50.0. The lowest BCUT2D eigenvalue weighted by Crippen LogP contribution is -2.61. The predicted octanol–water partition coefficient (Wildman–Crippen LogP) is 18.8. The number of hydrogen-bond donors (Lipinski definition) is 6. The zero-order chi connectivity index (χ0) is 63.9. The molecule has 0 spiro atoms. The standard InChI is InChI=1S/C77H133NO10/c1-4-7-10-13-16-19-22-25-27-29-31-33-34-35-36-37-39-40-42-44-46-49-52-55-58-61-64-70(81)76(85)78-68(69(80)63-60-57-54-51-48-24-21-18-15-12-9-6-3)67-86-77-75(74(84)73(83)71(66-79)87-77)88-72(82)65-62-59-56-53-50-47-45-43-41-38-32-30-28-26-23-20-17-14-11-8-5-2/h7,10,16-17,19-20,25-28,31-33,35-36,38,60,63,68-71,73-75,77,79-81,83-84H,4-6,8-9,11-15,18,21-24,29-30,34,37,39-59,61-62,64-67H2,1-3H3,(H,78,85)/b10-7-,19-16-,20-17-,27-25-,28-26-,33-31-,36-35-,38-32-,63-60+. The molecule has 1 saturated heterocycles. The molecular weight excluding hydrogens is 1100 g/mol. The van der Waals surface area contributed by atoms with Crippen LogP contribution in [-0.2, 0) is 23.8 Å². The maximum atomic E-state index is 13.5. The highest BCUT2D eigenvalue weighted by Crippen LogP contribution is 2.26. The lowest BCUT2D eigenvalue weighted by Gasteiger charge is -2.41. The van der Waals surface area contributed by atoms with Crippen LogP contribution in [0.1, 0.15) is 303 Å². The summed E-state index contributed by atoms with van der Waals surface area (Å²) in [6.45, 7) is 5.66. The molecule has 1 amide bonds. The van der Waals surface area contributed by atoms with E-state index < -0.39 is 67.4 Å². The quantitative estimate of drug-likeness (QED) is 0.0195. The monoisotopic (exact) mass is 1230 g/mol. The number of ether oxygens (including phenoxy) is 3. The first-order valence-corrected chi connectivity index (χ1v) is 36.2. The van der Waals surface area contributed by atoms with Gasteiger partial charge in [0.2, 0.25) is 5.91 Å². The van der Waals surface area contributed by atoms with E-state index in [0.29, 0.717) is 12.8 Å². The number of esters is 1. The third-order valence-electron chi connectivity index (χ3n) is 16.4. The van der Waals surface area contributed by atoms with Gasteiger partial charge in [-0.3, -0.25) is 9.59 Å². The van der Waals surface area contributed by atoms with Gasteiger partial charge in [-0.2, -0.15) is 0 Å². The number of carbonyl (C=O) groups is 2. The largest absolute Gasteiger partial charge is 0.454 e. The van der Waals surface area contributed by atoms with E-state index in [1.54, 1.807) is 6.08 Å². The Morgan fingerprint density at radius 1 is 0.455 bits per heavy atom. The molecule has 0 bridgehead atoms.